The number of aliphatic hydroxyl groups is 1. The molecule has 82 valence electrons. The van der Waals surface area contributed by atoms with Gasteiger partial charge >= 0.3 is 5.97 Å². The Morgan fingerprint density at radius 3 is 2.50 bits per heavy atom. The second kappa shape index (κ2) is 5.32. The van der Waals surface area contributed by atoms with Gasteiger partial charge in [-0.15, -0.1) is 0 Å². The Labute approximate surface area is 84.5 Å². The Kier molecular flexibility index (Phi) is 4.35. The zero-order valence-corrected chi connectivity index (χ0v) is 8.65. The first-order valence-corrected chi connectivity index (χ1v) is 5.22. The Morgan fingerprint density at radius 2 is 2.07 bits per heavy atom. The predicted molar refractivity (Wildman–Crippen MR) is 53.1 cm³/mol. The zero-order chi connectivity index (χ0) is 10.6. The molecule has 0 amide bonds. The van der Waals surface area contributed by atoms with E-state index in [0.29, 0.717) is 12.5 Å². The minimum Gasteiger partial charge on any atom is -0.481 e. The number of carbonyl (C=O) groups is 1. The lowest BCUT2D eigenvalue weighted by molar-refractivity contribution is -0.137. The van der Waals surface area contributed by atoms with Crippen molar-refractivity contribution >= 4 is 5.97 Å². The van der Waals surface area contributed by atoms with Gasteiger partial charge in [-0.1, -0.05) is 0 Å². The van der Waals surface area contributed by atoms with Crippen molar-refractivity contribution in [1.29, 1.82) is 0 Å². The van der Waals surface area contributed by atoms with Crippen LogP contribution in [0.25, 0.3) is 0 Å². The topological polar surface area (TPSA) is 60.8 Å². The molecule has 1 atom stereocenters. The average Bonchev–Trinajstić information content (AvgIpc) is 2.15. The molecule has 2 N–H and O–H groups in total. The molecule has 0 spiro atoms. The van der Waals surface area contributed by atoms with Gasteiger partial charge in [-0.05, 0) is 38.8 Å². The van der Waals surface area contributed by atoms with E-state index >= 15 is 0 Å². The quantitative estimate of drug-likeness (QED) is 0.697. The summed E-state index contributed by atoms with van der Waals surface area (Å²) in [5, 5.41) is 17.9. The Bertz CT molecular complexity index is 186. The average molecular weight is 201 g/mol. The van der Waals surface area contributed by atoms with Crippen molar-refractivity contribution in [2.24, 2.45) is 5.92 Å². The fourth-order valence-corrected chi connectivity index (χ4v) is 1.91. The fourth-order valence-electron chi connectivity index (χ4n) is 1.91. The first-order chi connectivity index (χ1) is 6.59. The van der Waals surface area contributed by atoms with Crippen molar-refractivity contribution in [3.63, 3.8) is 0 Å². The third-order valence-corrected chi connectivity index (χ3v) is 2.96. The van der Waals surface area contributed by atoms with Gasteiger partial charge in [0.2, 0.25) is 0 Å². The van der Waals surface area contributed by atoms with Gasteiger partial charge in [0.15, 0.2) is 0 Å². The van der Waals surface area contributed by atoms with Crippen LogP contribution in [0.4, 0.5) is 0 Å². The molecule has 0 aromatic rings. The summed E-state index contributed by atoms with van der Waals surface area (Å²) in [5.41, 5.74) is 0. The number of hydrogen-bond donors (Lipinski definition) is 2. The van der Waals surface area contributed by atoms with Crippen LogP contribution in [0, 0.1) is 5.92 Å². The van der Waals surface area contributed by atoms with Crippen molar-refractivity contribution in [2.45, 2.75) is 32.3 Å². The summed E-state index contributed by atoms with van der Waals surface area (Å²) in [6.07, 6.45) is 1.96. The molecule has 14 heavy (non-hydrogen) atoms. The Balaban J connectivity index is 2.19. The lowest BCUT2D eigenvalue weighted by Crippen LogP contribution is -2.38. The van der Waals surface area contributed by atoms with E-state index in [-0.39, 0.29) is 12.5 Å². The summed E-state index contributed by atoms with van der Waals surface area (Å²) in [6, 6.07) is 0. The van der Waals surface area contributed by atoms with Crippen LogP contribution < -0.4 is 0 Å². The number of rotatable bonds is 4. The molecule has 1 aliphatic heterocycles. The van der Waals surface area contributed by atoms with Gasteiger partial charge in [-0.2, -0.15) is 0 Å². The summed E-state index contributed by atoms with van der Waals surface area (Å²) in [5.74, 6) is -0.335. The summed E-state index contributed by atoms with van der Waals surface area (Å²) < 4.78 is 0. The molecule has 1 rings (SSSR count). The zero-order valence-electron chi connectivity index (χ0n) is 8.65. The molecule has 0 saturated carbocycles. The van der Waals surface area contributed by atoms with E-state index in [4.69, 9.17) is 5.11 Å². The number of nitrogens with zero attached hydrogens (tertiary/aromatic N) is 1. The van der Waals surface area contributed by atoms with Gasteiger partial charge in [0.05, 0.1) is 12.5 Å². The molecule has 4 heteroatoms. The molecule has 0 aromatic carbocycles. The van der Waals surface area contributed by atoms with Crippen LogP contribution in [0.5, 0.6) is 0 Å². The molecule has 1 fully saturated rings. The van der Waals surface area contributed by atoms with Crippen LogP contribution >= 0.6 is 0 Å². The van der Waals surface area contributed by atoms with Crippen molar-refractivity contribution in [3.8, 4) is 0 Å². The van der Waals surface area contributed by atoms with E-state index in [2.05, 4.69) is 4.90 Å². The largest absolute Gasteiger partial charge is 0.481 e. The number of aliphatic hydroxyl groups excluding tert-OH is 1. The normalized spacial score (nSPS) is 22.1. The smallest absolute Gasteiger partial charge is 0.304 e. The van der Waals surface area contributed by atoms with E-state index < -0.39 is 5.97 Å². The maximum atomic E-state index is 10.3. The van der Waals surface area contributed by atoms with Crippen LogP contribution in [-0.4, -0.2) is 46.8 Å². The Hall–Kier alpha value is -0.610. The maximum Gasteiger partial charge on any atom is 0.304 e. The second-order valence-corrected chi connectivity index (χ2v) is 4.06. The van der Waals surface area contributed by atoms with Crippen molar-refractivity contribution < 1.29 is 15.0 Å². The third kappa shape index (κ3) is 3.64. The first-order valence-electron chi connectivity index (χ1n) is 5.22. The number of hydrogen-bond acceptors (Lipinski definition) is 3. The van der Waals surface area contributed by atoms with Gasteiger partial charge in [0.25, 0.3) is 0 Å². The van der Waals surface area contributed by atoms with Gasteiger partial charge < -0.3 is 15.1 Å². The highest BCUT2D eigenvalue weighted by molar-refractivity contribution is 5.66. The number of aliphatic carboxylic acids is 1. The Morgan fingerprint density at radius 1 is 1.50 bits per heavy atom. The van der Waals surface area contributed by atoms with Crippen LogP contribution in [0.15, 0.2) is 0 Å². The van der Waals surface area contributed by atoms with Crippen LogP contribution in [-0.2, 0) is 4.79 Å². The van der Waals surface area contributed by atoms with E-state index in [1.54, 1.807) is 0 Å². The summed E-state index contributed by atoms with van der Waals surface area (Å²) in [4.78, 5) is 12.5. The van der Waals surface area contributed by atoms with E-state index in [0.717, 1.165) is 25.9 Å². The lowest BCUT2D eigenvalue weighted by Gasteiger charge is -2.32. The van der Waals surface area contributed by atoms with Crippen LogP contribution in [0.3, 0.4) is 0 Å². The number of piperidine rings is 1. The van der Waals surface area contributed by atoms with Crippen LogP contribution in [0.2, 0.25) is 0 Å². The molecule has 1 saturated heterocycles. The molecule has 4 nitrogen and oxygen atoms in total. The van der Waals surface area contributed by atoms with Gasteiger partial charge in [-0.3, -0.25) is 4.79 Å². The molecule has 0 unspecified atom stereocenters. The molecular formula is C10H19NO3. The third-order valence-electron chi connectivity index (χ3n) is 2.96. The molecule has 0 radical (unpaired) electrons. The van der Waals surface area contributed by atoms with Gasteiger partial charge in [-0.25, -0.2) is 0 Å². The molecule has 0 aromatic heterocycles. The highest BCUT2D eigenvalue weighted by atomic mass is 16.4. The molecule has 0 aliphatic carbocycles. The number of likely N-dealkylation sites (tertiary alicyclic amines) is 1. The summed E-state index contributed by atoms with van der Waals surface area (Å²) >= 11 is 0. The van der Waals surface area contributed by atoms with Gasteiger partial charge in [0.1, 0.15) is 0 Å². The number of carboxylic acid groups (broad SMARTS) is 1. The van der Waals surface area contributed by atoms with E-state index in [1.165, 1.54) is 0 Å². The van der Waals surface area contributed by atoms with E-state index in [9.17, 15) is 9.90 Å². The van der Waals surface area contributed by atoms with Crippen molar-refractivity contribution in [3.05, 3.63) is 0 Å². The highest BCUT2D eigenvalue weighted by Gasteiger charge is 2.22. The second-order valence-electron chi connectivity index (χ2n) is 4.06. The predicted octanol–water partition coefficient (Wildman–Crippen LogP) is 0.554. The summed E-state index contributed by atoms with van der Waals surface area (Å²) in [6.45, 7) is 4.31. The molecule has 0 bridgehead atoms. The number of carboxylic acids is 1. The SMILES string of the molecule is C[C@H](O)C1CCN(CCC(=O)O)CC1. The van der Waals surface area contributed by atoms with Gasteiger partial charge in [0, 0.05) is 6.54 Å². The summed E-state index contributed by atoms with van der Waals surface area (Å²) in [7, 11) is 0. The molecule has 1 heterocycles. The lowest BCUT2D eigenvalue weighted by atomic mass is 9.92. The first kappa shape index (κ1) is 11.5. The molecule has 1 aliphatic rings. The monoisotopic (exact) mass is 201 g/mol. The standard InChI is InChI=1S/C10H19NO3/c1-8(12)9-2-5-11(6-3-9)7-4-10(13)14/h8-9,12H,2-7H2,1H3,(H,13,14)/t8-/m0/s1. The fraction of sp³-hybridized carbons (Fsp3) is 0.900. The highest BCUT2D eigenvalue weighted by Crippen LogP contribution is 2.20. The van der Waals surface area contributed by atoms with Crippen LogP contribution in [0.1, 0.15) is 26.2 Å². The molecular weight excluding hydrogens is 182 g/mol. The van der Waals surface area contributed by atoms with Crippen molar-refractivity contribution in [1.82, 2.24) is 4.90 Å². The van der Waals surface area contributed by atoms with Crippen molar-refractivity contribution in [2.75, 3.05) is 19.6 Å². The minimum absolute atomic E-state index is 0.222. The maximum absolute atomic E-state index is 10.3. The minimum atomic E-state index is -0.734. The van der Waals surface area contributed by atoms with E-state index in [1.807, 2.05) is 6.92 Å².